The van der Waals surface area contributed by atoms with Crippen LogP contribution in [0.1, 0.15) is 16.5 Å². The molecule has 2 aromatic carbocycles. The van der Waals surface area contributed by atoms with Gasteiger partial charge in [-0.2, -0.15) is 0 Å². The molecule has 0 saturated heterocycles. The van der Waals surface area contributed by atoms with Crippen LogP contribution in [-0.4, -0.2) is 0 Å². The van der Waals surface area contributed by atoms with E-state index in [0.29, 0.717) is 22.0 Å². The number of rotatable bonds is 3. The maximum Gasteiger partial charge on any atom is 0.127 e. The van der Waals surface area contributed by atoms with Gasteiger partial charge in [-0.1, -0.05) is 47.5 Å². The molecule has 2 aromatic rings. The van der Waals surface area contributed by atoms with Crippen molar-refractivity contribution in [3.63, 3.8) is 0 Å². The quantitative estimate of drug-likeness (QED) is 0.642. The summed E-state index contributed by atoms with van der Waals surface area (Å²) in [6, 6.07) is 11.8. The maximum atomic E-state index is 13.6. The fraction of sp³-hybridized carbons (Fsp3) is 0.143. The van der Waals surface area contributed by atoms with E-state index in [4.69, 9.17) is 34.8 Å². The zero-order valence-corrected chi connectivity index (χ0v) is 11.6. The third kappa shape index (κ3) is 3.17. The Morgan fingerprint density at radius 1 is 1.00 bits per heavy atom. The van der Waals surface area contributed by atoms with Crippen LogP contribution in [0.2, 0.25) is 10.0 Å². The molecule has 94 valence electrons. The topological polar surface area (TPSA) is 0 Å². The minimum atomic E-state index is -0.427. The van der Waals surface area contributed by atoms with Gasteiger partial charge in [0.25, 0.3) is 0 Å². The van der Waals surface area contributed by atoms with Crippen LogP contribution in [0.5, 0.6) is 0 Å². The van der Waals surface area contributed by atoms with E-state index >= 15 is 0 Å². The summed E-state index contributed by atoms with van der Waals surface area (Å²) >= 11 is 18.0. The highest BCUT2D eigenvalue weighted by Gasteiger charge is 2.13. The van der Waals surface area contributed by atoms with Gasteiger partial charge in [-0.15, -0.1) is 11.6 Å². The molecule has 0 aliphatic heterocycles. The number of benzene rings is 2. The van der Waals surface area contributed by atoms with E-state index in [-0.39, 0.29) is 5.82 Å². The Kier molecular flexibility index (Phi) is 4.50. The van der Waals surface area contributed by atoms with Gasteiger partial charge in [-0.05, 0) is 30.2 Å². The first-order chi connectivity index (χ1) is 8.58. The monoisotopic (exact) mass is 302 g/mol. The molecular weight excluding hydrogens is 294 g/mol. The largest absolute Gasteiger partial charge is 0.207 e. The third-order valence-corrected chi connectivity index (χ3v) is 3.77. The van der Waals surface area contributed by atoms with Crippen molar-refractivity contribution in [1.82, 2.24) is 0 Å². The summed E-state index contributed by atoms with van der Waals surface area (Å²) in [5.74, 6) is -0.294. The molecule has 0 bridgehead atoms. The summed E-state index contributed by atoms with van der Waals surface area (Å²) in [6.07, 6.45) is 0.499. The molecule has 4 heteroatoms. The van der Waals surface area contributed by atoms with Gasteiger partial charge in [0.1, 0.15) is 5.82 Å². The first-order valence-electron chi connectivity index (χ1n) is 5.40. The van der Waals surface area contributed by atoms with Gasteiger partial charge in [-0.3, -0.25) is 0 Å². The van der Waals surface area contributed by atoms with Crippen LogP contribution in [0.25, 0.3) is 0 Å². The molecule has 0 N–H and O–H groups in total. The van der Waals surface area contributed by atoms with Crippen molar-refractivity contribution in [3.05, 3.63) is 69.5 Å². The standard InChI is InChI=1S/C14H10Cl3F/c15-11-6-5-9(8-13(11)17)7-12(16)10-3-1-2-4-14(10)18/h1-6,8,12H,7H2. The van der Waals surface area contributed by atoms with E-state index in [0.717, 1.165) is 5.56 Å². The minimum absolute atomic E-state index is 0.294. The smallest absolute Gasteiger partial charge is 0.127 e. The second-order valence-electron chi connectivity index (χ2n) is 3.94. The van der Waals surface area contributed by atoms with Crippen molar-refractivity contribution < 1.29 is 4.39 Å². The second kappa shape index (κ2) is 5.92. The number of hydrogen-bond donors (Lipinski definition) is 0. The van der Waals surface area contributed by atoms with Crippen molar-refractivity contribution in [2.75, 3.05) is 0 Å². The lowest BCUT2D eigenvalue weighted by Crippen LogP contribution is -1.98. The zero-order valence-electron chi connectivity index (χ0n) is 9.34. The van der Waals surface area contributed by atoms with Crippen LogP contribution in [0, 0.1) is 5.82 Å². The Morgan fingerprint density at radius 2 is 1.72 bits per heavy atom. The molecule has 1 atom stereocenters. The molecule has 0 aliphatic rings. The van der Waals surface area contributed by atoms with Crippen LogP contribution in [-0.2, 0) is 6.42 Å². The van der Waals surface area contributed by atoms with E-state index in [9.17, 15) is 4.39 Å². The summed E-state index contributed by atoms with van der Waals surface area (Å²) < 4.78 is 13.6. The van der Waals surface area contributed by atoms with Gasteiger partial charge in [0, 0.05) is 5.56 Å². The minimum Gasteiger partial charge on any atom is -0.207 e. The summed E-state index contributed by atoms with van der Waals surface area (Å²) in [5, 5.41) is 0.549. The Bertz CT molecular complexity index is 554. The number of halogens is 4. The van der Waals surface area contributed by atoms with E-state index in [1.54, 1.807) is 30.3 Å². The molecule has 18 heavy (non-hydrogen) atoms. The predicted octanol–water partition coefficient (Wildman–Crippen LogP) is 5.66. The molecule has 0 spiro atoms. The molecule has 0 saturated carbocycles. The Hall–Kier alpha value is -0.760. The summed E-state index contributed by atoms with van der Waals surface area (Å²) in [7, 11) is 0. The highest BCUT2D eigenvalue weighted by molar-refractivity contribution is 6.42. The number of alkyl halides is 1. The van der Waals surface area contributed by atoms with Crippen molar-refractivity contribution in [2.24, 2.45) is 0 Å². The first-order valence-corrected chi connectivity index (χ1v) is 6.59. The van der Waals surface area contributed by atoms with Gasteiger partial charge in [-0.25, -0.2) is 4.39 Å². The summed E-state index contributed by atoms with van der Waals surface area (Å²) in [5.41, 5.74) is 1.41. The SMILES string of the molecule is Fc1ccccc1C(Cl)Cc1ccc(Cl)c(Cl)c1. The van der Waals surface area contributed by atoms with Crippen molar-refractivity contribution in [1.29, 1.82) is 0 Å². The average Bonchev–Trinajstić information content (AvgIpc) is 2.34. The molecule has 0 heterocycles. The second-order valence-corrected chi connectivity index (χ2v) is 5.28. The molecule has 2 rings (SSSR count). The third-order valence-electron chi connectivity index (χ3n) is 2.64. The molecule has 0 aliphatic carbocycles. The number of hydrogen-bond acceptors (Lipinski definition) is 0. The van der Waals surface area contributed by atoms with E-state index in [1.165, 1.54) is 6.07 Å². The molecule has 1 unspecified atom stereocenters. The van der Waals surface area contributed by atoms with Crippen LogP contribution >= 0.6 is 34.8 Å². The van der Waals surface area contributed by atoms with E-state index in [1.807, 2.05) is 6.07 Å². The highest BCUT2D eigenvalue weighted by atomic mass is 35.5. The summed E-state index contributed by atoms with van der Waals surface area (Å²) in [6.45, 7) is 0. The Balaban J connectivity index is 2.19. The van der Waals surface area contributed by atoms with Crippen LogP contribution in [0.3, 0.4) is 0 Å². The maximum absolute atomic E-state index is 13.6. The lowest BCUT2D eigenvalue weighted by molar-refractivity contribution is 0.606. The average molecular weight is 304 g/mol. The fourth-order valence-electron chi connectivity index (χ4n) is 1.71. The Labute approximate surface area is 120 Å². The Morgan fingerprint density at radius 3 is 2.39 bits per heavy atom. The van der Waals surface area contributed by atoms with Gasteiger partial charge in [0.15, 0.2) is 0 Å². The van der Waals surface area contributed by atoms with E-state index in [2.05, 4.69) is 0 Å². The van der Waals surface area contributed by atoms with Gasteiger partial charge in [0.2, 0.25) is 0 Å². The van der Waals surface area contributed by atoms with Gasteiger partial charge in [0.05, 0.1) is 15.4 Å². The molecule has 0 radical (unpaired) electrons. The van der Waals surface area contributed by atoms with Crippen molar-refractivity contribution >= 4 is 34.8 Å². The lowest BCUT2D eigenvalue weighted by Gasteiger charge is -2.11. The van der Waals surface area contributed by atoms with Crippen LogP contribution in [0.15, 0.2) is 42.5 Å². The highest BCUT2D eigenvalue weighted by Crippen LogP contribution is 2.29. The van der Waals surface area contributed by atoms with E-state index < -0.39 is 5.38 Å². The molecule has 0 fully saturated rings. The fourth-order valence-corrected chi connectivity index (χ4v) is 2.39. The molecular formula is C14H10Cl3F. The predicted molar refractivity (Wildman–Crippen MR) is 75.2 cm³/mol. The molecule has 0 nitrogen and oxygen atoms in total. The van der Waals surface area contributed by atoms with Crippen molar-refractivity contribution in [3.8, 4) is 0 Å². The molecule has 0 aromatic heterocycles. The first kappa shape index (κ1) is 13.7. The lowest BCUT2D eigenvalue weighted by atomic mass is 10.0. The van der Waals surface area contributed by atoms with Gasteiger partial charge < -0.3 is 0 Å². The summed E-state index contributed by atoms with van der Waals surface area (Å²) in [4.78, 5) is 0. The van der Waals surface area contributed by atoms with Crippen molar-refractivity contribution in [2.45, 2.75) is 11.8 Å². The van der Waals surface area contributed by atoms with Crippen LogP contribution < -0.4 is 0 Å². The molecule has 0 amide bonds. The van der Waals surface area contributed by atoms with Gasteiger partial charge >= 0.3 is 0 Å². The van der Waals surface area contributed by atoms with Crippen LogP contribution in [0.4, 0.5) is 4.39 Å². The zero-order chi connectivity index (χ0) is 13.1. The normalized spacial score (nSPS) is 12.4.